The van der Waals surface area contributed by atoms with Crippen molar-refractivity contribution in [2.24, 2.45) is 0 Å². The van der Waals surface area contributed by atoms with Gasteiger partial charge in [0.2, 0.25) is 0 Å². The van der Waals surface area contributed by atoms with Crippen LogP contribution in [0.5, 0.6) is 0 Å². The molecule has 2 nitrogen and oxygen atoms in total. The van der Waals surface area contributed by atoms with E-state index in [9.17, 15) is 4.79 Å². The monoisotopic (exact) mass is 290 g/mol. The van der Waals surface area contributed by atoms with Crippen molar-refractivity contribution in [3.63, 3.8) is 0 Å². The van der Waals surface area contributed by atoms with Gasteiger partial charge in [-0.2, -0.15) is 0 Å². The van der Waals surface area contributed by atoms with E-state index in [1.165, 1.54) is 5.56 Å². The van der Waals surface area contributed by atoms with Crippen molar-refractivity contribution in [2.75, 3.05) is 0 Å². The van der Waals surface area contributed by atoms with Crippen LogP contribution in [-0.4, -0.2) is 5.97 Å². The summed E-state index contributed by atoms with van der Waals surface area (Å²) in [7, 11) is 0. The van der Waals surface area contributed by atoms with Crippen molar-refractivity contribution in [1.82, 2.24) is 0 Å². The number of hydrogen-bond acceptors (Lipinski definition) is 2. The van der Waals surface area contributed by atoms with Crippen molar-refractivity contribution >= 4 is 16.7 Å². The van der Waals surface area contributed by atoms with Crippen LogP contribution in [0.3, 0.4) is 0 Å². The van der Waals surface area contributed by atoms with Crippen LogP contribution in [-0.2, 0) is 11.3 Å². The average Bonchev–Trinajstić information content (AvgIpc) is 2.53. The number of carbonyl (C=O) groups excluding carboxylic acids is 1. The Balaban J connectivity index is 1.82. The van der Waals surface area contributed by atoms with Crippen molar-refractivity contribution in [3.8, 4) is 0 Å². The SMILES string of the molecule is Cc1ccc(COC(=O)c2cccc3ccccc23)c(C)c1. The lowest BCUT2D eigenvalue weighted by atomic mass is 10.0. The van der Waals surface area contributed by atoms with Gasteiger partial charge in [-0.1, -0.05) is 60.2 Å². The highest BCUT2D eigenvalue weighted by atomic mass is 16.5. The Hall–Kier alpha value is -2.61. The van der Waals surface area contributed by atoms with Gasteiger partial charge in [-0.25, -0.2) is 4.79 Å². The lowest BCUT2D eigenvalue weighted by Crippen LogP contribution is -2.06. The predicted octanol–water partition coefficient (Wildman–Crippen LogP) is 4.81. The molecule has 3 aromatic rings. The largest absolute Gasteiger partial charge is 0.457 e. The molecule has 22 heavy (non-hydrogen) atoms. The summed E-state index contributed by atoms with van der Waals surface area (Å²) >= 11 is 0. The summed E-state index contributed by atoms with van der Waals surface area (Å²) in [4.78, 5) is 12.4. The Bertz CT molecular complexity index is 829. The van der Waals surface area contributed by atoms with Gasteiger partial charge in [-0.3, -0.25) is 0 Å². The van der Waals surface area contributed by atoms with Crippen LogP contribution in [0.25, 0.3) is 10.8 Å². The van der Waals surface area contributed by atoms with E-state index in [1.807, 2.05) is 61.5 Å². The maximum atomic E-state index is 12.4. The summed E-state index contributed by atoms with van der Waals surface area (Å²) in [5, 5.41) is 1.97. The van der Waals surface area contributed by atoms with Crippen molar-refractivity contribution in [1.29, 1.82) is 0 Å². The molecule has 2 heteroatoms. The van der Waals surface area contributed by atoms with Gasteiger partial charge in [0.15, 0.2) is 0 Å². The van der Waals surface area contributed by atoms with Gasteiger partial charge in [0.05, 0.1) is 5.56 Å². The molecule has 0 saturated heterocycles. The van der Waals surface area contributed by atoms with Crippen LogP contribution < -0.4 is 0 Å². The van der Waals surface area contributed by atoms with Gasteiger partial charge in [0.25, 0.3) is 0 Å². The smallest absolute Gasteiger partial charge is 0.339 e. The second kappa shape index (κ2) is 6.02. The molecule has 0 heterocycles. The fourth-order valence-electron chi connectivity index (χ4n) is 2.63. The lowest BCUT2D eigenvalue weighted by Gasteiger charge is -2.10. The molecule has 0 atom stereocenters. The molecule has 0 spiro atoms. The number of esters is 1. The first-order valence-corrected chi connectivity index (χ1v) is 7.36. The Labute approximate surface area is 130 Å². The van der Waals surface area contributed by atoms with Crippen LogP contribution in [0.4, 0.5) is 0 Å². The van der Waals surface area contributed by atoms with Gasteiger partial charge < -0.3 is 4.74 Å². The van der Waals surface area contributed by atoms with Crippen molar-refractivity contribution in [3.05, 3.63) is 82.9 Å². The normalized spacial score (nSPS) is 10.6. The maximum Gasteiger partial charge on any atom is 0.339 e. The third-order valence-electron chi connectivity index (χ3n) is 3.87. The number of aryl methyl sites for hydroxylation is 2. The average molecular weight is 290 g/mol. The predicted molar refractivity (Wildman–Crippen MR) is 89.0 cm³/mol. The fourth-order valence-corrected chi connectivity index (χ4v) is 2.63. The summed E-state index contributed by atoms with van der Waals surface area (Å²) in [6, 6.07) is 19.7. The number of rotatable bonds is 3. The van der Waals surface area contributed by atoms with Gasteiger partial charge in [0.1, 0.15) is 6.61 Å². The Morgan fingerprint density at radius 3 is 2.55 bits per heavy atom. The molecule has 0 aromatic heterocycles. The molecule has 0 fully saturated rings. The molecular formula is C20H18O2. The summed E-state index contributed by atoms with van der Waals surface area (Å²) in [6.45, 7) is 4.39. The van der Waals surface area contributed by atoms with E-state index in [0.717, 1.165) is 21.9 Å². The minimum atomic E-state index is -0.281. The highest BCUT2D eigenvalue weighted by molar-refractivity contribution is 6.04. The summed E-state index contributed by atoms with van der Waals surface area (Å²) in [6.07, 6.45) is 0. The molecular weight excluding hydrogens is 272 g/mol. The fraction of sp³-hybridized carbons (Fsp3) is 0.150. The van der Waals surface area contributed by atoms with Crippen LogP contribution in [0.2, 0.25) is 0 Å². The second-order valence-electron chi connectivity index (χ2n) is 5.53. The first-order valence-electron chi connectivity index (χ1n) is 7.36. The zero-order chi connectivity index (χ0) is 15.5. The highest BCUT2D eigenvalue weighted by Crippen LogP contribution is 2.20. The third-order valence-corrected chi connectivity index (χ3v) is 3.87. The van der Waals surface area contributed by atoms with E-state index < -0.39 is 0 Å². The molecule has 3 aromatic carbocycles. The van der Waals surface area contributed by atoms with Crippen LogP contribution in [0.1, 0.15) is 27.0 Å². The molecule has 110 valence electrons. The van der Waals surface area contributed by atoms with Crippen molar-refractivity contribution < 1.29 is 9.53 Å². The van der Waals surface area contributed by atoms with E-state index in [4.69, 9.17) is 4.74 Å². The number of benzene rings is 3. The molecule has 3 rings (SSSR count). The van der Waals surface area contributed by atoms with Gasteiger partial charge >= 0.3 is 5.97 Å². The zero-order valence-corrected chi connectivity index (χ0v) is 12.8. The van der Waals surface area contributed by atoms with Crippen LogP contribution in [0, 0.1) is 13.8 Å². The Morgan fingerprint density at radius 1 is 0.955 bits per heavy atom. The first-order chi connectivity index (χ1) is 10.6. The van der Waals surface area contributed by atoms with Gasteiger partial charge in [-0.15, -0.1) is 0 Å². The number of carbonyl (C=O) groups is 1. The van der Waals surface area contributed by atoms with E-state index in [-0.39, 0.29) is 5.97 Å². The summed E-state index contributed by atoms with van der Waals surface area (Å²) in [5.41, 5.74) is 4.01. The number of hydrogen-bond donors (Lipinski definition) is 0. The standard InChI is InChI=1S/C20H18O2/c1-14-10-11-17(15(2)12-14)13-22-20(21)19-9-5-7-16-6-3-4-8-18(16)19/h3-12H,13H2,1-2H3. The van der Waals surface area contributed by atoms with E-state index in [1.54, 1.807) is 0 Å². The van der Waals surface area contributed by atoms with Crippen LogP contribution >= 0.6 is 0 Å². The minimum absolute atomic E-state index is 0.281. The summed E-state index contributed by atoms with van der Waals surface area (Å²) in [5.74, 6) is -0.281. The minimum Gasteiger partial charge on any atom is -0.457 e. The molecule has 0 aliphatic rings. The van der Waals surface area contributed by atoms with E-state index in [0.29, 0.717) is 12.2 Å². The van der Waals surface area contributed by atoms with Gasteiger partial charge in [-0.05, 0) is 41.8 Å². The molecule has 0 radical (unpaired) electrons. The molecule has 0 aliphatic heterocycles. The quantitative estimate of drug-likeness (QED) is 0.647. The summed E-state index contributed by atoms with van der Waals surface area (Å²) < 4.78 is 5.50. The molecule has 0 saturated carbocycles. The first kappa shape index (κ1) is 14.3. The molecule has 0 N–H and O–H groups in total. The topological polar surface area (TPSA) is 26.3 Å². The van der Waals surface area contributed by atoms with E-state index >= 15 is 0 Å². The van der Waals surface area contributed by atoms with Crippen LogP contribution in [0.15, 0.2) is 60.7 Å². The maximum absolute atomic E-state index is 12.4. The third kappa shape index (κ3) is 2.86. The Morgan fingerprint density at radius 2 is 1.73 bits per heavy atom. The highest BCUT2D eigenvalue weighted by Gasteiger charge is 2.11. The van der Waals surface area contributed by atoms with Crippen molar-refractivity contribution in [2.45, 2.75) is 20.5 Å². The zero-order valence-electron chi connectivity index (χ0n) is 12.8. The van der Waals surface area contributed by atoms with Gasteiger partial charge in [0, 0.05) is 0 Å². The van der Waals surface area contributed by atoms with E-state index in [2.05, 4.69) is 13.0 Å². The lowest BCUT2D eigenvalue weighted by molar-refractivity contribution is 0.0474. The number of ether oxygens (including phenoxy) is 1. The molecule has 0 unspecified atom stereocenters. The Kier molecular flexibility index (Phi) is 3.92. The molecule has 0 bridgehead atoms. The molecule has 0 amide bonds. The molecule has 0 aliphatic carbocycles. The number of fused-ring (bicyclic) bond motifs is 1. The second-order valence-corrected chi connectivity index (χ2v) is 5.53.